The van der Waals surface area contributed by atoms with Crippen LogP contribution in [-0.4, -0.2) is 0 Å². The number of hydrogen-bond acceptors (Lipinski definition) is 0. The van der Waals surface area contributed by atoms with Crippen molar-refractivity contribution in [2.24, 2.45) is 5.41 Å². The van der Waals surface area contributed by atoms with Gasteiger partial charge in [0.05, 0.1) is 0 Å². The maximum atomic E-state index is 4.06. The number of rotatable bonds is 7. The molecule has 0 aromatic heterocycles. The van der Waals surface area contributed by atoms with Crippen molar-refractivity contribution in [2.45, 2.75) is 32.6 Å². The Morgan fingerprint density at radius 3 is 1.55 bits per heavy atom. The first-order chi connectivity index (χ1) is 9.72. The molecule has 0 aliphatic rings. The van der Waals surface area contributed by atoms with Gasteiger partial charge in [-0.1, -0.05) is 73.7 Å². The quantitative estimate of drug-likeness (QED) is 0.584. The highest BCUT2D eigenvalue weighted by molar-refractivity contribution is 5.17. The summed E-state index contributed by atoms with van der Waals surface area (Å²) >= 11 is 0. The summed E-state index contributed by atoms with van der Waals surface area (Å²) in [7, 11) is 0. The fraction of sp³-hybridized carbons (Fsp3) is 0.300. The molecule has 0 bridgehead atoms. The van der Waals surface area contributed by atoms with E-state index in [1.54, 1.807) is 0 Å². The van der Waals surface area contributed by atoms with Gasteiger partial charge in [0.1, 0.15) is 0 Å². The zero-order chi connectivity index (χ0) is 14.3. The average molecular weight is 264 g/mol. The topological polar surface area (TPSA) is 0 Å². The lowest BCUT2D eigenvalue weighted by molar-refractivity contribution is 0.361. The second kappa shape index (κ2) is 7.09. The van der Waals surface area contributed by atoms with Gasteiger partial charge in [-0.25, -0.2) is 0 Å². The van der Waals surface area contributed by atoms with Crippen LogP contribution >= 0.6 is 0 Å². The van der Waals surface area contributed by atoms with Crippen LogP contribution in [0, 0.1) is 5.41 Å². The number of benzene rings is 2. The highest BCUT2D eigenvalue weighted by atomic mass is 14.2. The molecule has 0 unspecified atom stereocenters. The Bertz CT molecular complexity index is 467. The van der Waals surface area contributed by atoms with E-state index in [1.165, 1.54) is 11.1 Å². The van der Waals surface area contributed by atoms with E-state index < -0.39 is 0 Å². The van der Waals surface area contributed by atoms with Crippen LogP contribution in [0.2, 0.25) is 0 Å². The normalized spacial score (nSPS) is 11.2. The Balaban J connectivity index is 1.90. The van der Waals surface area contributed by atoms with Crippen LogP contribution in [0.15, 0.2) is 73.3 Å². The summed E-state index contributed by atoms with van der Waals surface area (Å²) in [6.45, 7) is 6.38. The van der Waals surface area contributed by atoms with Crippen LogP contribution in [0.3, 0.4) is 0 Å². The van der Waals surface area contributed by atoms with Crippen LogP contribution in [0.25, 0.3) is 0 Å². The van der Waals surface area contributed by atoms with Crippen molar-refractivity contribution in [3.05, 3.63) is 84.4 Å². The molecule has 0 fully saturated rings. The number of hydrogen-bond donors (Lipinski definition) is 0. The first-order valence-corrected chi connectivity index (χ1v) is 7.43. The van der Waals surface area contributed by atoms with E-state index in [0.717, 1.165) is 25.7 Å². The Kier molecular flexibility index (Phi) is 5.17. The monoisotopic (exact) mass is 264 g/mol. The van der Waals surface area contributed by atoms with Gasteiger partial charge in [0.2, 0.25) is 0 Å². The second-order valence-electron chi connectivity index (χ2n) is 5.83. The third kappa shape index (κ3) is 4.38. The van der Waals surface area contributed by atoms with Crippen molar-refractivity contribution in [1.82, 2.24) is 0 Å². The zero-order valence-electron chi connectivity index (χ0n) is 12.4. The van der Waals surface area contributed by atoms with E-state index in [9.17, 15) is 0 Å². The SMILES string of the molecule is C=CC(C)(CCc1ccccc1)CCc1ccccc1. The summed E-state index contributed by atoms with van der Waals surface area (Å²) in [5, 5.41) is 0. The first-order valence-electron chi connectivity index (χ1n) is 7.43. The van der Waals surface area contributed by atoms with Crippen molar-refractivity contribution in [3.63, 3.8) is 0 Å². The van der Waals surface area contributed by atoms with Crippen molar-refractivity contribution >= 4 is 0 Å². The standard InChI is InChI=1S/C20H24/c1-3-20(2,16-14-18-10-6-4-7-11-18)17-15-19-12-8-5-9-13-19/h3-13H,1,14-17H2,2H3. The van der Waals surface area contributed by atoms with E-state index in [2.05, 4.69) is 80.2 Å². The molecule has 0 nitrogen and oxygen atoms in total. The smallest absolute Gasteiger partial charge is 0.0143 e. The molecule has 2 rings (SSSR count). The van der Waals surface area contributed by atoms with Crippen LogP contribution in [0.5, 0.6) is 0 Å². The van der Waals surface area contributed by atoms with Crippen molar-refractivity contribution in [1.29, 1.82) is 0 Å². The molecule has 0 N–H and O–H groups in total. The van der Waals surface area contributed by atoms with E-state index in [1.807, 2.05) is 0 Å². The Morgan fingerprint density at radius 1 is 0.800 bits per heavy atom. The predicted octanol–water partition coefficient (Wildman–Crippen LogP) is 5.44. The van der Waals surface area contributed by atoms with Gasteiger partial charge in [-0.05, 0) is 42.2 Å². The van der Waals surface area contributed by atoms with Crippen LogP contribution < -0.4 is 0 Å². The summed E-state index contributed by atoms with van der Waals surface area (Å²) < 4.78 is 0. The Morgan fingerprint density at radius 2 is 1.20 bits per heavy atom. The van der Waals surface area contributed by atoms with Gasteiger partial charge < -0.3 is 0 Å². The third-order valence-electron chi connectivity index (χ3n) is 4.15. The summed E-state index contributed by atoms with van der Waals surface area (Å²) in [6.07, 6.45) is 6.70. The Labute approximate surface area is 123 Å². The molecule has 0 saturated heterocycles. The van der Waals surface area contributed by atoms with Crippen molar-refractivity contribution in [2.75, 3.05) is 0 Å². The van der Waals surface area contributed by atoms with Crippen LogP contribution in [-0.2, 0) is 12.8 Å². The molecule has 0 radical (unpaired) electrons. The van der Waals surface area contributed by atoms with Gasteiger partial charge in [-0.15, -0.1) is 6.58 Å². The molecule has 0 heteroatoms. The minimum absolute atomic E-state index is 0.214. The summed E-state index contributed by atoms with van der Waals surface area (Å²) in [5.74, 6) is 0. The molecule has 2 aromatic rings. The highest BCUT2D eigenvalue weighted by Gasteiger charge is 2.19. The maximum Gasteiger partial charge on any atom is -0.0143 e. The van der Waals surface area contributed by atoms with Gasteiger partial charge in [-0.2, -0.15) is 0 Å². The summed E-state index contributed by atoms with van der Waals surface area (Å²) in [6, 6.07) is 21.4. The molecule has 104 valence electrons. The predicted molar refractivity (Wildman–Crippen MR) is 87.8 cm³/mol. The maximum absolute atomic E-state index is 4.06. The molecule has 0 aliphatic carbocycles. The van der Waals surface area contributed by atoms with E-state index >= 15 is 0 Å². The first kappa shape index (κ1) is 14.6. The minimum atomic E-state index is 0.214. The van der Waals surface area contributed by atoms with Gasteiger partial charge >= 0.3 is 0 Å². The molecule has 20 heavy (non-hydrogen) atoms. The molecule has 0 spiro atoms. The summed E-state index contributed by atoms with van der Waals surface area (Å²) in [4.78, 5) is 0. The van der Waals surface area contributed by atoms with Crippen molar-refractivity contribution < 1.29 is 0 Å². The second-order valence-corrected chi connectivity index (χ2v) is 5.83. The molecule has 0 aliphatic heterocycles. The fourth-order valence-electron chi connectivity index (χ4n) is 2.48. The van der Waals surface area contributed by atoms with E-state index in [4.69, 9.17) is 0 Å². The molecule has 0 heterocycles. The van der Waals surface area contributed by atoms with Gasteiger partial charge in [-0.3, -0.25) is 0 Å². The van der Waals surface area contributed by atoms with Gasteiger partial charge in [0.25, 0.3) is 0 Å². The lowest BCUT2D eigenvalue weighted by Gasteiger charge is -2.26. The molecule has 0 amide bonds. The molecule has 2 aromatic carbocycles. The van der Waals surface area contributed by atoms with Crippen LogP contribution in [0.1, 0.15) is 30.9 Å². The Hall–Kier alpha value is -1.82. The third-order valence-corrected chi connectivity index (χ3v) is 4.15. The molecule has 0 atom stereocenters. The average Bonchev–Trinajstić information content (AvgIpc) is 2.53. The summed E-state index contributed by atoms with van der Waals surface area (Å²) in [5.41, 5.74) is 3.05. The van der Waals surface area contributed by atoms with Gasteiger partial charge in [0.15, 0.2) is 0 Å². The number of aryl methyl sites for hydroxylation is 2. The highest BCUT2D eigenvalue weighted by Crippen LogP contribution is 2.30. The lowest BCUT2D eigenvalue weighted by Crippen LogP contribution is -2.15. The van der Waals surface area contributed by atoms with Crippen LogP contribution in [0.4, 0.5) is 0 Å². The fourth-order valence-corrected chi connectivity index (χ4v) is 2.48. The van der Waals surface area contributed by atoms with E-state index in [0.29, 0.717) is 0 Å². The minimum Gasteiger partial charge on any atom is -0.103 e. The van der Waals surface area contributed by atoms with E-state index in [-0.39, 0.29) is 5.41 Å². The zero-order valence-corrected chi connectivity index (χ0v) is 12.4. The molecular formula is C20H24. The lowest BCUT2D eigenvalue weighted by atomic mass is 9.79. The van der Waals surface area contributed by atoms with Gasteiger partial charge in [0, 0.05) is 0 Å². The van der Waals surface area contributed by atoms with Crippen molar-refractivity contribution in [3.8, 4) is 0 Å². The molecular weight excluding hydrogens is 240 g/mol. The largest absolute Gasteiger partial charge is 0.103 e. The molecule has 0 saturated carbocycles. The number of allylic oxidation sites excluding steroid dienone is 1.